The number of hydrogen-bond acceptors (Lipinski definition) is 3. The van der Waals surface area contributed by atoms with Gasteiger partial charge in [-0.05, 0) is 17.2 Å². The summed E-state index contributed by atoms with van der Waals surface area (Å²) in [5.74, 6) is 0. The van der Waals surface area contributed by atoms with Crippen LogP contribution in [-0.4, -0.2) is 14.3 Å². The fraction of sp³-hybridized carbons (Fsp3) is 0. The van der Waals surface area contributed by atoms with Gasteiger partial charge in [-0.3, -0.25) is 14.5 Å². The molecular weight excluding hydrogens is 302 g/mol. The lowest BCUT2D eigenvalue weighted by molar-refractivity contribution is -0.385. The molecule has 0 unspecified atom stereocenters. The van der Waals surface area contributed by atoms with E-state index >= 15 is 0 Å². The molecule has 0 amide bonds. The zero-order valence-corrected chi connectivity index (χ0v) is 12.7. The molecular formula is C19H13N3O2. The van der Waals surface area contributed by atoms with Crippen LogP contribution in [0, 0.1) is 10.1 Å². The summed E-state index contributed by atoms with van der Waals surface area (Å²) in [4.78, 5) is 15.0. The van der Waals surface area contributed by atoms with E-state index in [9.17, 15) is 10.1 Å². The molecule has 2 aromatic heterocycles. The summed E-state index contributed by atoms with van der Waals surface area (Å²) >= 11 is 0. The van der Waals surface area contributed by atoms with E-state index < -0.39 is 4.92 Å². The largest absolute Gasteiger partial charge is 0.300 e. The van der Waals surface area contributed by atoms with Crippen molar-refractivity contribution in [2.24, 2.45) is 0 Å². The van der Waals surface area contributed by atoms with Gasteiger partial charge in [-0.1, -0.05) is 54.6 Å². The lowest BCUT2D eigenvalue weighted by atomic mass is 10.0. The van der Waals surface area contributed by atoms with Gasteiger partial charge in [0, 0.05) is 17.8 Å². The van der Waals surface area contributed by atoms with Crippen LogP contribution in [0.1, 0.15) is 0 Å². The minimum Gasteiger partial charge on any atom is -0.300 e. The summed E-state index contributed by atoms with van der Waals surface area (Å²) in [6, 6.07) is 21.4. The van der Waals surface area contributed by atoms with Crippen LogP contribution in [0.3, 0.4) is 0 Å². The van der Waals surface area contributed by atoms with Gasteiger partial charge in [0.1, 0.15) is 5.65 Å². The molecule has 0 saturated carbocycles. The normalized spacial score (nSPS) is 10.8. The maximum absolute atomic E-state index is 10.9. The van der Waals surface area contributed by atoms with E-state index in [-0.39, 0.29) is 5.69 Å². The van der Waals surface area contributed by atoms with Gasteiger partial charge in [-0.15, -0.1) is 0 Å². The van der Waals surface area contributed by atoms with Crippen molar-refractivity contribution < 1.29 is 4.92 Å². The van der Waals surface area contributed by atoms with Crippen molar-refractivity contribution in [1.29, 1.82) is 0 Å². The molecule has 0 saturated heterocycles. The van der Waals surface area contributed by atoms with Crippen molar-refractivity contribution >= 4 is 11.3 Å². The van der Waals surface area contributed by atoms with Crippen molar-refractivity contribution in [2.75, 3.05) is 0 Å². The van der Waals surface area contributed by atoms with Crippen LogP contribution in [0.2, 0.25) is 0 Å². The van der Waals surface area contributed by atoms with Gasteiger partial charge < -0.3 is 0 Å². The number of hydrogen-bond donors (Lipinski definition) is 0. The highest BCUT2D eigenvalue weighted by Gasteiger charge is 2.09. The third-order valence-corrected chi connectivity index (χ3v) is 3.93. The van der Waals surface area contributed by atoms with Crippen LogP contribution in [0.15, 0.2) is 79.1 Å². The fourth-order valence-corrected chi connectivity index (χ4v) is 2.69. The molecule has 5 nitrogen and oxygen atoms in total. The van der Waals surface area contributed by atoms with Crippen molar-refractivity contribution in [3.63, 3.8) is 0 Å². The lowest BCUT2D eigenvalue weighted by Gasteiger charge is -2.02. The minimum atomic E-state index is -0.409. The molecule has 0 aliphatic heterocycles. The zero-order valence-electron chi connectivity index (χ0n) is 12.7. The molecule has 0 atom stereocenters. The number of aromatic nitrogens is 2. The molecule has 0 bridgehead atoms. The molecule has 0 fully saturated rings. The van der Waals surface area contributed by atoms with Crippen molar-refractivity contribution in [2.45, 2.75) is 0 Å². The Morgan fingerprint density at radius 1 is 0.792 bits per heavy atom. The summed E-state index contributed by atoms with van der Waals surface area (Å²) < 4.78 is 1.68. The molecule has 0 radical (unpaired) electrons. The predicted octanol–water partition coefficient (Wildman–Crippen LogP) is 4.58. The molecule has 0 aliphatic carbocycles. The highest BCUT2D eigenvalue weighted by Crippen LogP contribution is 2.25. The number of imidazole rings is 1. The van der Waals surface area contributed by atoms with E-state index in [4.69, 9.17) is 0 Å². The Morgan fingerprint density at radius 3 is 2.17 bits per heavy atom. The van der Waals surface area contributed by atoms with E-state index in [1.165, 1.54) is 12.3 Å². The van der Waals surface area contributed by atoms with E-state index in [2.05, 4.69) is 29.2 Å². The molecule has 0 spiro atoms. The van der Waals surface area contributed by atoms with Crippen molar-refractivity contribution in [1.82, 2.24) is 9.38 Å². The standard InChI is InChI=1S/C19H13N3O2/c23-22(24)17-10-11-19-20-18(13-21(19)12-17)16-8-6-15(7-9-16)14-4-2-1-3-5-14/h1-13H. The van der Waals surface area contributed by atoms with Crippen LogP contribution in [-0.2, 0) is 0 Å². The van der Waals surface area contributed by atoms with E-state index in [1.807, 2.05) is 30.3 Å². The zero-order chi connectivity index (χ0) is 16.5. The number of pyridine rings is 1. The molecule has 5 heteroatoms. The summed E-state index contributed by atoms with van der Waals surface area (Å²) in [7, 11) is 0. The second-order valence-corrected chi connectivity index (χ2v) is 5.48. The maximum Gasteiger partial charge on any atom is 0.286 e. The molecule has 116 valence electrons. The predicted molar refractivity (Wildman–Crippen MR) is 92.7 cm³/mol. The van der Waals surface area contributed by atoms with Crippen LogP contribution < -0.4 is 0 Å². The molecule has 0 N–H and O–H groups in total. The van der Waals surface area contributed by atoms with E-state index in [0.717, 1.165) is 22.4 Å². The van der Waals surface area contributed by atoms with Crippen LogP contribution in [0.4, 0.5) is 5.69 Å². The molecule has 0 aliphatic rings. The Kier molecular flexibility index (Phi) is 3.31. The summed E-state index contributed by atoms with van der Waals surface area (Å²) in [5.41, 5.74) is 4.79. The van der Waals surface area contributed by atoms with Gasteiger partial charge >= 0.3 is 0 Å². The van der Waals surface area contributed by atoms with E-state index in [0.29, 0.717) is 5.65 Å². The topological polar surface area (TPSA) is 60.4 Å². The number of benzene rings is 2. The van der Waals surface area contributed by atoms with Gasteiger partial charge in [0.2, 0.25) is 0 Å². The third kappa shape index (κ3) is 2.52. The van der Waals surface area contributed by atoms with Crippen LogP contribution in [0.25, 0.3) is 28.0 Å². The fourth-order valence-electron chi connectivity index (χ4n) is 2.69. The molecule has 2 heterocycles. The SMILES string of the molecule is O=[N+]([O-])c1ccc2nc(-c3ccc(-c4ccccc4)cc3)cn2c1. The Hall–Kier alpha value is -3.47. The first-order valence-electron chi connectivity index (χ1n) is 7.50. The molecule has 2 aromatic carbocycles. The molecule has 24 heavy (non-hydrogen) atoms. The van der Waals surface area contributed by atoms with Crippen LogP contribution in [0.5, 0.6) is 0 Å². The van der Waals surface area contributed by atoms with Gasteiger partial charge in [-0.25, -0.2) is 4.98 Å². The average molecular weight is 315 g/mol. The second-order valence-electron chi connectivity index (χ2n) is 5.48. The quantitative estimate of drug-likeness (QED) is 0.411. The number of nitro groups is 1. The van der Waals surface area contributed by atoms with Gasteiger partial charge in [-0.2, -0.15) is 0 Å². The Bertz CT molecular complexity index is 1020. The molecule has 4 aromatic rings. The van der Waals surface area contributed by atoms with Crippen LogP contribution >= 0.6 is 0 Å². The first kappa shape index (κ1) is 14.1. The highest BCUT2D eigenvalue weighted by atomic mass is 16.6. The Balaban J connectivity index is 1.71. The van der Waals surface area contributed by atoms with Gasteiger partial charge in [0.15, 0.2) is 0 Å². The van der Waals surface area contributed by atoms with Crippen molar-refractivity contribution in [3.05, 3.63) is 89.2 Å². The second kappa shape index (κ2) is 5.62. The number of rotatable bonds is 3. The average Bonchev–Trinajstić information content (AvgIpc) is 3.06. The lowest BCUT2D eigenvalue weighted by Crippen LogP contribution is -1.90. The maximum atomic E-state index is 10.9. The third-order valence-electron chi connectivity index (χ3n) is 3.93. The summed E-state index contributed by atoms with van der Waals surface area (Å²) in [6.45, 7) is 0. The number of fused-ring (bicyclic) bond motifs is 1. The summed E-state index contributed by atoms with van der Waals surface area (Å²) in [6.07, 6.45) is 3.28. The highest BCUT2D eigenvalue weighted by molar-refractivity contribution is 5.69. The number of nitrogens with zero attached hydrogens (tertiary/aromatic N) is 3. The molecule has 4 rings (SSSR count). The monoisotopic (exact) mass is 315 g/mol. The Labute approximate surface area is 138 Å². The Morgan fingerprint density at radius 2 is 1.46 bits per heavy atom. The first-order chi connectivity index (χ1) is 11.7. The smallest absolute Gasteiger partial charge is 0.286 e. The minimum absolute atomic E-state index is 0.0471. The van der Waals surface area contributed by atoms with Gasteiger partial charge in [0.05, 0.1) is 16.8 Å². The van der Waals surface area contributed by atoms with Crippen molar-refractivity contribution in [3.8, 4) is 22.4 Å². The van der Waals surface area contributed by atoms with E-state index in [1.54, 1.807) is 16.7 Å². The van der Waals surface area contributed by atoms with Gasteiger partial charge in [0.25, 0.3) is 5.69 Å². The first-order valence-corrected chi connectivity index (χ1v) is 7.50. The summed E-state index contributed by atoms with van der Waals surface area (Å²) in [5, 5.41) is 10.9.